The Balaban J connectivity index is 2.08. The van der Waals surface area contributed by atoms with Crippen molar-refractivity contribution in [2.75, 3.05) is 19.3 Å². The summed E-state index contributed by atoms with van der Waals surface area (Å²) in [5.41, 5.74) is 5.79. The van der Waals surface area contributed by atoms with E-state index in [1.54, 1.807) is 11.9 Å². The summed E-state index contributed by atoms with van der Waals surface area (Å²) >= 11 is 3.17. The van der Waals surface area contributed by atoms with E-state index in [1.807, 2.05) is 0 Å². The fraction of sp³-hybridized carbons (Fsp3) is 0.462. The molecule has 1 saturated carbocycles. The highest BCUT2D eigenvalue weighted by Gasteiger charge is 2.29. The molecule has 0 aliphatic heterocycles. The van der Waals surface area contributed by atoms with Gasteiger partial charge in [0.05, 0.1) is 17.4 Å². The van der Waals surface area contributed by atoms with E-state index in [1.165, 1.54) is 12.1 Å². The van der Waals surface area contributed by atoms with Crippen molar-refractivity contribution in [2.24, 2.45) is 5.92 Å². The molecule has 1 fully saturated rings. The van der Waals surface area contributed by atoms with Gasteiger partial charge in [-0.05, 0) is 46.8 Å². The van der Waals surface area contributed by atoms with Crippen molar-refractivity contribution >= 4 is 27.5 Å². The van der Waals surface area contributed by atoms with Crippen molar-refractivity contribution in [3.05, 3.63) is 28.0 Å². The van der Waals surface area contributed by atoms with Gasteiger partial charge in [0.25, 0.3) is 5.91 Å². The molecule has 104 valence electrons. The van der Waals surface area contributed by atoms with Gasteiger partial charge >= 0.3 is 0 Å². The molecule has 1 aliphatic rings. The quantitative estimate of drug-likeness (QED) is 0.833. The maximum absolute atomic E-state index is 13.2. The minimum atomic E-state index is -0.548. The summed E-state index contributed by atoms with van der Waals surface area (Å²) in [7, 11) is 1.69. The van der Waals surface area contributed by atoms with Gasteiger partial charge in [0.1, 0.15) is 5.82 Å². The van der Waals surface area contributed by atoms with Gasteiger partial charge in [0.2, 0.25) is 0 Å². The van der Waals surface area contributed by atoms with Gasteiger partial charge in [-0.25, -0.2) is 4.39 Å². The van der Waals surface area contributed by atoms with Crippen LogP contribution in [0.25, 0.3) is 0 Å². The average Bonchev–Trinajstić information content (AvgIpc) is 2.31. The van der Waals surface area contributed by atoms with Gasteiger partial charge in [-0.2, -0.15) is 0 Å². The monoisotopic (exact) mass is 330 g/mol. The van der Waals surface area contributed by atoms with Crippen LogP contribution in [-0.2, 0) is 0 Å². The molecule has 0 radical (unpaired) electrons. The first-order valence-electron chi connectivity index (χ1n) is 6.06. The van der Waals surface area contributed by atoms with E-state index in [9.17, 15) is 14.3 Å². The summed E-state index contributed by atoms with van der Waals surface area (Å²) in [5, 5.41) is 9.23. The normalized spacial score (nSPS) is 21.9. The van der Waals surface area contributed by atoms with Gasteiger partial charge in [-0.1, -0.05) is 0 Å². The van der Waals surface area contributed by atoms with E-state index in [0.717, 1.165) is 12.8 Å². The third kappa shape index (κ3) is 3.06. The van der Waals surface area contributed by atoms with Crippen LogP contribution in [0.1, 0.15) is 23.2 Å². The molecule has 1 aliphatic carbocycles. The average molecular weight is 331 g/mol. The molecule has 0 saturated heterocycles. The van der Waals surface area contributed by atoms with Crippen LogP contribution in [0.3, 0.4) is 0 Å². The highest BCUT2D eigenvalue weighted by atomic mass is 79.9. The lowest BCUT2D eigenvalue weighted by Gasteiger charge is -2.34. The van der Waals surface area contributed by atoms with Crippen molar-refractivity contribution in [1.82, 2.24) is 4.90 Å². The second kappa shape index (κ2) is 5.46. The summed E-state index contributed by atoms with van der Waals surface area (Å²) in [5.74, 6) is -0.423. The van der Waals surface area contributed by atoms with Crippen LogP contribution in [0.15, 0.2) is 16.6 Å². The van der Waals surface area contributed by atoms with Crippen molar-refractivity contribution in [2.45, 2.75) is 18.9 Å². The van der Waals surface area contributed by atoms with Crippen LogP contribution in [0, 0.1) is 11.7 Å². The summed E-state index contributed by atoms with van der Waals surface area (Å²) in [6.07, 6.45) is 1.22. The van der Waals surface area contributed by atoms with E-state index in [4.69, 9.17) is 5.73 Å². The number of halogens is 2. The second-order valence-corrected chi connectivity index (χ2v) is 5.88. The molecule has 1 amide bonds. The second-order valence-electron chi connectivity index (χ2n) is 5.03. The summed E-state index contributed by atoms with van der Waals surface area (Å²) in [6, 6.07) is 2.54. The van der Waals surface area contributed by atoms with Crippen LogP contribution < -0.4 is 5.73 Å². The maximum atomic E-state index is 13.2. The highest BCUT2D eigenvalue weighted by Crippen LogP contribution is 2.29. The molecule has 0 heterocycles. The van der Waals surface area contributed by atoms with E-state index >= 15 is 0 Å². The minimum Gasteiger partial charge on any atom is -0.396 e. The summed E-state index contributed by atoms with van der Waals surface area (Å²) in [6.45, 7) is 0.583. The predicted molar refractivity (Wildman–Crippen MR) is 74.2 cm³/mol. The zero-order valence-corrected chi connectivity index (χ0v) is 12.2. The van der Waals surface area contributed by atoms with Crippen molar-refractivity contribution in [1.29, 1.82) is 0 Å². The van der Waals surface area contributed by atoms with Crippen LogP contribution >= 0.6 is 15.9 Å². The first kappa shape index (κ1) is 14.3. The highest BCUT2D eigenvalue weighted by molar-refractivity contribution is 9.10. The molecule has 3 N–H and O–H groups in total. The number of carbonyl (C=O) groups excluding carboxylic acids is 1. The van der Waals surface area contributed by atoms with Crippen LogP contribution in [0.5, 0.6) is 0 Å². The van der Waals surface area contributed by atoms with Crippen LogP contribution in [-0.4, -0.2) is 35.6 Å². The number of amides is 1. The Labute approximate surface area is 119 Å². The molecule has 4 nitrogen and oxygen atoms in total. The topological polar surface area (TPSA) is 66.6 Å². The number of carbonyl (C=O) groups is 1. The number of hydrogen-bond acceptors (Lipinski definition) is 3. The molecule has 0 bridgehead atoms. The van der Waals surface area contributed by atoms with Crippen molar-refractivity contribution < 1.29 is 14.3 Å². The Morgan fingerprint density at radius 2 is 2.21 bits per heavy atom. The van der Waals surface area contributed by atoms with E-state index in [0.29, 0.717) is 22.5 Å². The standard InChI is InChI=1S/C13H16BrFN2O2/c1-17(6-7-2-8(18)3-7)13(19)9-4-12(16)11(15)5-10(9)14/h4-5,7-8,18H,2-3,6,16H2,1H3. The zero-order valence-electron chi connectivity index (χ0n) is 10.6. The van der Waals surface area contributed by atoms with Gasteiger partial charge in [-0.15, -0.1) is 0 Å². The molecule has 2 rings (SSSR count). The number of nitrogens with zero attached hydrogens (tertiary/aromatic N) is 1. The van der Waals surface area contributed by atoms with Gasteiger partial charge < -0.3 is 15.7 Å². The van der Waals surface area contributed by atoms with E-state index in [-0.39, 0.29) is 17.7 Å². The molecule has 6 heteroatoms. The lowest BCUT2D eigenvalue weighted by molar-refractivity contribution is 0.0265. The Morgan fingerprint density at radius 3 is 2.79 bits per heavy atom. The first-order valence-corrected chi connectivity index (χ1v) is 6.85. The van der Waals surface area contributed by atoms with Crippen molar-refractivity contribution in [3.8, 4) is 0 Å². The SMILES string of the molecule is CN(CC1CC(O)C1)C(=O)c1cc(N)c(F)cc1Br. The van der Waals surface area contributed by atoms with Gasteiger partial charge in [0.15, 0.2) is 0 Å². The molecule has 1 aromatic carbocycles. The Morgan fingerprint density at radius 1 is 1.58 bits per heavy atom. The maximum Gasteiger partial charge on any atom is 0.254 e. The van der Waals surface area contributed by atoms with E-state index < -0.39 is 5.82 Å². The number of nitrogen functional groups attached to an aromatic ring is 1. The fourth-order valence-corrected chi connectivity index (χ4v) is 2.74. The number of rotatable bonds is 3. The molecule has 0 unspecified atom stereocenters. The molecule has 0 spiro atoms. The Kier molecular flexibility index (Phi) is 4.10. The number of aliphatic hydroxyl groups excluding tert-OH is 1. The largest absolute Gasteiger partial charge is 0.396 e. The molecule has 1 aromatic rings. The van der Waals surface area contributed by atoms with E-state index in [2.05, 4.69) is 15.9 Å². The molecular formula is C13H16BrFN2O2. The third-order valence-corrected chi connectivity index (χ3v) is 4.06. The number of anilines is 1. The number of benzene rings is 1. The zero-order chi connectivity index (χ0) is 14.2. The van der Waals surface area contributed by atoms with Crippen molar-refractivity contribution in [3.63, 3.8) is 0 Å². The summed E-state index contributed by atoms with van der Waals surface area (Å²) < 4.78 is 13.6. The van der Waals surface area contributed by atoms with Crippen LogP contribution in [0.4, 0.5) is 10.1 Å². The smallest absolute Gasteiger partial charge is 0.254 e. The van der Waals surface area contributed by atoms with Crippen LogP contribution in [0.2, 0.25) is 0 Å². The molecule has 19 heavy (non-hydrogen) atoms. The number of aliphatic hydroxyl groups is 1. The molecular weight excluding hydrogens is 315 g/mol. The Hall–Kier alpha value is -1.14. The third-order valence-electron chi connectivity index (χ3n) is 3.41. The van der Waals surface area contributed by atoms with Gasteiger partial charge in [0, 0.05) is 18.1 Å². The lowest BCUT2D eigenvalue weighted by atomic mass is 9.82. The first-order chi connectivity index (χ1) is 8.88. The Bertz CT molecular complexity index is 504. The summed E-state index contributed by atoms with van der Waals surface area (Å²) in [4.78, 5) is 13.8. The number of nitrogens with two attached hydrogens (primary N) is 1. The number of hydrogen-bond donors (Lipinski definition) is 2. The molecule has 0 aromatic heterocycles. The fourth-order valence-electron chi connectivity index (χ4n) is 2.26. The minimum absolute atomic E-state index is 0.0426. The lowest BCUT2D eigenvalue weighted by Crippen LogP contribution is -2.39. The molecule has 0 atom stereocenters. The predicted octanol–water partition coefficient (Wildman–Crippen LogP) is 2.01. The van der Waals surface area contributed by atoms with Gasteiger partial charge in [-0.3, -0.25) is 4.79 Å².